The smallest absolute Gasteiger partial charge is 0.352 e. The second-order valence-corrected chi connectivity index (χ2v) is 7.30. The highest BCUT2D eigenvalue weighted by molar-refractivity contribution is 8.00. The van der Waals surface area contributed by atoms with Crippen molar-refractivity contribution in [1.29, 1.82) is 0 Å². The lowest BCUT2D eigenvalue weighted by molar-refractivity contribution is -0.151. The van der Waals surface area contributed by atoms with Crippen LogP contribution in [0.2, 0.25) is 0 Å². The number of carbonyl (C=O) groups is 3. The third kappa shape index (κ3) is 3.27. The van der Waals surface area contributed by atoms with Crippen molar-refractivity contribution in [2.75, 3.05) is 18.5 Å². The molecule has 9 heteroatoms. The molecular formula is C12H14NO5PS2. The summed E-state index contributed by atoms with van der Waals surface area (Å²) in [6.07, 6.45) is 0.758. The van der Waals surface area contributed by atoms with Crippen molar-refractivity contribution in [2.24, 2.45) is 5.92 Å². The van der Waals surface area contributed by atoms with Crippen LogP contribution in [0.4, 0.5) is 0 Å². The number of esters is 1. The topological polar surface area (TPSA) is 83.9 Å². The van der Waals surface area contributed by atoms with E-state index >= 15 is 0 Å². The molecule has 2 rings (SSSR count). The number of hydrogen-bond donors (Lipinski definition) is 1. The first-order valence-electron chi connectivity index (χ1n) is 6.32. The van der Waals surface area contributed by atoms with Gasteiger partial charge >= 0.3 is 11.9 Å². The summed E-state index contributed by atoms with van der Waals surface area (Å²) in [5.41, 5.74) is 0.435. The van der Waals surface area contributed by atoms with Crippen LogP contribution in [0.5, 0.6) is 0 Å². The molecule has 1 fully saturated rings. The maximum atomic E-state index is 11.8. The van der Waals surface area contributed by atoms with E-state index in [0.29, 0.717) is 24.8 Å². The van der Waals surface area contributed by atoms with Crippen LogP contribution in [0, 0.1) is 5.92 Å². The fourth-order valence-corrected chi connectivity index (χ4v) is 4.13. The highest BCUT2D eigenvalue weighted by Gasteiger charge is 2.51. The van der Waals surface area contributed by atoms with Gasteiger partial charge in [0, 0.05) is 17.5 Å². The number of rotatable bonds is 6. The Morgan fingerprint density at radius 2 is 2.29 bits per heavy atom. The number of amides is 1. The fraction of sp³-hybridized carbons (Fsp3) is 0.583. The Morgan fingerprint density at radius 3 is 2.90 bits per heavy atom. The van der Waals surface area contributed by atoms with E-state index in [-0.39, 0.29) is 35.9 Å². The zero-order valence-corrected chi connectivity index (χ0v) is 13.8. The van der Waals surface area contributed by atoms with Gasteiger partial charge in [-0.1, -0.05) is 18.7 Å². The molecule has 2 aliphatic heterocycles. The number of fused-ring (bicyclic) bond motifs is 1. The summed E-state index contributed by atoms with van der Waals surface area (Å²) < 4.78 is 5.07. The lowest BCUT2D eigenvalue weighted by Crippen LogP contribution is -2.60. The first-order chi connectivity index (χ1) is 9.97. The predicted octanol–water partition coefficient (Wildman–Crippen LogP) is 1.22. The zero-order valence-electron chi connectivity index (χ0n) is 11.3. The molecule has 0 aromatic rings. The lowest BCUT2D eigenvalue weighted by Gasteiger charge is -2.48. The molecule has 0 aromatic heterocycles. The van der Waals surface area contributed by atoms with Crippen molar-refractivity contribution in [3.63, 3.8) is 0 Å². The van der Waals surface area contributed by atoms with Crippen LogP contribution in [-0.2, 0) is 30.9 Å². The monoisotopic (exact) mass is 347 g/mol. The van der Waals surface area contributed by atoms with Gasteiger partial charge in [-0.25, -0.2) is 4.79 Å². The van der Waals surface area contributed by atoms with E-state index < -0.39 is 11.9 Å². The zero-order chi connectivity index (χ0) is 15.6. The maximum absolute atomic E-state index is 11.8. The van der Waals surface area contributed by atoms with Crippen molar-refractivity contribution in [1.82, 2.24) is 4.90 Å². The van der Waals surface area contributed by atoms with Gasteiger partial charge in [-0.05, 0) is 7.36 Å². The van der Waals surface area contributed by atoms with E-state index in [0.717, 1.165) is 0 Å². The van der Waals surface area contributed by atoms with E-state index in [4.69, 9.17) is 16.5 Å². The Labute approximate surface area is 132 Å². The number of hydrogen-bond acceptors (Lipinski definition) is 6. The van der Waals surface area contributed by atoms with Gasteiger partial charge in [0.2, 0.25) is 5.91 Å². The number of β-lactam (4-membered cyclic amide) rings is 1. The van der Waals surface area contributed by atoms with E-state index in [9.17, 15) is 19.5 Å². The van der Waals surface area contributed by atoms with Gasteiger partial charge in [0.25, 0.3) is 0 Å². The van der Waals surface area contributed by atoms with Gasteiger partial charge in [-0.2, -0.15) is 0 Å². The number of thioether (sulfide) groups is 1. The molecule has 1 amide bonds. The Balaban J connectivity index is 2.08. The summed E-state index contributed by atoms with van der Waals surface area (Å²) in [5.74, 6) is -1.47. The number of carbonyl (C=O) groups excluding carboxylic acids is 2. The van der Waals surface area contributed by atoms with E-state index in [1.54, 1.807) is 6.92 Å². The van der Waals surface area contributed by atoms with E-state index in [1.165, 1.54) is 16.7 Å². The van der Waals surface area contributed by atoms with Gasteiger partial charge in [0.1, 0.15) is 12.3 Å². The molecule has 21 heavy (non-hydrogen) atoms. The van der Waals surface area contributed by atoms with Crippen LogP contribution in [0.3, 0.4) is 0 Å². The molecule has 2 atom stereocenters. The third-order valence-corrected chi connectivity index (χ3v) is 5.76. The summed E-state index contributed by atoms with van der Waals surface area (Å²) in [6.45, 7) is 1.70. The average Bonchev–Trinajstić information content (AvgIpc) is 2.48. The summed E-state index contributed by atoms with van der Waals surface area (Å²) in [4.78, 5) is 36.0. The first-order valence-corrected chi connectivity index (χ1v) is 9.46. The summed E-state index contributed by atoms with van der Waals surface area (Å²) in [5, 5.41) is 9.20. The molecule has 0 saturated carbocycles. The van der Waals surface area contributed by atoms with Crippen molar-refractivity contribution in [3.8, 4) is 0 Å². The average molecular weight is 347 g/mol. The summed E-state index contributed by atoms with van der Waals surface area (Å²) in [7, 11) is 0.697. The first kappa shape index (κ1) is 16.4. The Bertz CT molecular complexity index is 536. The van der Waals surface area contributed by atoms with Crippen molar-refractivity contribution in [2.45, 2.75) is 18.7 Å². The van der Waals surface area contributed by atoms with E-state index in [2.05, 4.69) is 0 Å². The van der Waals surface area contributed by atoms with Crippen molar-refractivity contribution >= 4 is 48.8 Å². The van der Waals surface area contributed by atoms with Gasteiger partial charge in [0.05, 0.1) is 17.7 Å². The Morgan fingerprint density at radius 1 is 1.57 bits per heavy atom. The highest BCUT2D eigenvalue weighted by Crippen LogP contribution is 2.43. The molecule has 1 N–H and O–H groups in total. The SMILES string of the molecule is CC1C(=O)N2C(C(=O)O)=C(COC(=O)CCP=S)CSC12. The molecule has 2 heterocycles. The largest absolute Gasteiger partial charge is 0.477 e. The quantitative estimate of drug-likeness (QED) is 0.439. The molecule has 2 aliphatic rings. The summed E-state index contributed by atoms with van der Waals surface area (Å²) in [6, 6.07) is 0. The molecule has 6 nitrogen and oxygen atoms in total. The number of aliphatic carboxylic acids is 1. The maximum Gasteiger partial charge on any atom is 0.352 e. The van der Waals surface area contributed by atoms with Gasteiger partial charge in [0.15, 0.2) is 0 Å². The Hall–Kier alpha value is -0.980. The van der Waals surface area contributed by atoms with Crippen LogP contribution in [0.1, 0.15) is 13.3 Å². The van der Waals surface area contributed by atoms with Gasteiger partial charge in [-0.3, -0.25) is 14.5 Å². The number of ether oxygens (including phenoxy) is 1. The molecule has 0 spiro atoms. The Kier molecular flexibility index (Phi) is 5.35. The highest BCUT2D eigenvalue weighted by atomic mass is 32.4. The molecule has 1 saturated heterocycles. The van der Waals surface area contributed by atoms with Gasteiger partial charge in [-0.15, -0.1) is 11.8 Å². The molecule has 0 aromatic carbocycles. The molecule has 0 bridgehead atoms. The van der Waals surface area contributed by atoms with Crippen molar-refractivity contribution in [3.05, 3.63) is 11.3 Å². The standard InChI is InChI=1S/C12H14NO5PS2/c1-6-10(15)13-9(12(16)17)7(5-21-11(6)13)4-18-8(14)2-3-19-20/h6,11H,2-5H2,1H3,(H,16,17). The third-order valence-electron chi connectivity index (χ3n) is 3.33. The van der Waals surface area contributed by atoms with Gasteiger partial charge < -0.3 is 9.84 Å². The normalized spacial score (nSPS) is 24.6. The molecular weight excluding hydrogens is 333 g/mol. The summed E-state index contributed by atoms with van der Waals surface area (Å²) >= 11 is 6.22. The molecule has 0 aliphatic carbocycles. The molecule has 0 radical (unpaired) electrons. The fourth-order valence-electron chi connectivity index (χ4n) is 2.23. The minimum absolute atomic E-state index is 0.0314. The van der Waals surface area contributed by atoms with Crippen LogP contribution in [0.25, 0.3) is 0 Å². The molecule has 2 unspecified atom stereocenters. The van der Waals surface area contributed by atoms with Crippen LogP contribution in [-0.4, -0.2) is 51.7 Å². The molecule has 114 valence electrons. The van der Waals surface area contributed by atoms with E-state index in [1.807, 2.05) is 0 Å². The number of carboxylic acid groups (broad SMARTS) is 1. The minimum Gasteiger partial charge on any atom is -0.477 e. The second-order valence-electron chi connectivity index (χ2n) is 4.72. The van der Waals surface area contributed by atoms with Crippen molar-refractivity contribution < 1.29 is 24.2 Å². The van der Waals surface area contributed by atoms with Crippen LogP contribution in [0.15, 0.2) is 11.3 Å². The number of nitrogens with zero attached hydrogens (tertiary/aromatic N) is 1. The number of carboxylic acids is 1. The predicted molar refractivity (Wildman–Crippen MR) is 81.6 cm³/mol. The lowest BCUT2D eigenvalue weighted by atomic mass is 9.98. The van der Waals surface area contributed by atoms with Crippen LogP contribution >= 0.6 is 19.1 Å². The van der Waals surface area contributed by atoms with Crippen LogP contribution < -0.4 is 0 Å². The minimum atomic E-state index is -1.16. The second kappa shape index (κ2) is 6.85.